The zero-order valence-electron chi connectivity index (χ0n) is 6.62. The van der Waals surface area contributed by atoms with Crippen molar-refractivity contribution < 1.29 is 4.79 Å². The molecule has 0 atom stereocenters. The maximum atomic E-state index is 10.7. The van der Waals surface area contributed by atoms with Crippen LogP contribution in [0.1, 0.15) is 28.3 Å². The van der Waals surface area contributed by atoms with Gasteiger partial charge < -0.3 is 5.73 Å². The molecule has 4 heteroatoms. The number of thiazole rings is 1. The van der Waals surface area contributed by atoms with Gasteiger partial charge in [0.1, 0.15) is 0 Å². The SMILES string of the molecule is NC(=O)c1nc(CC2CC2)cs1. The molecule has 0 bridgehead atoms. The third-order valence-corrected chi connectivity index (χ3v) is 2.86. The Balaban J connectivity index is 2.06. The molecule has 64 valence electrons. The van der Waals surface area contributed by atoms with Gasteiger partial charge in [0.2, 0.25) is 0 Å². The van der Waals surface area contributed by atoms with Crippen LogP contribution in [0.5, 0.6) is 0 Å². The molecule has 1 saturated carbocycles. The summed E-state index contributed by atoms with van der Waals surface area (Å²) in [6.07, 6.45) is 3.64. The molecule has 1 amide bonds. The number of nitrogens with two attached hydrogens (primary N) is 1. The van der Waals surface area contributed by atoms with Crippen LogP contribution < -0.4 is 5.73 Å². The molecule has 1 fully saturated rings. The van der Waals surface area contributed by atoms with Gasteiger partial charge in [-0.25, -0.2) is 4.98 Å². The molecule has 12 heavy (non-hydrogen) atoms. The van der Waals surface area contributed by atoms with Gasteiger partial charge in [-0.2, -0.15) is 0 Å². The lowest BCUT2D eigenvalue weighted by Gasteiger charge is -1.89. The fourth-order valence-corrected chi connectivity index (χ4v) is 1.81. The summed E-state index contributed by atoms with van der Waals surface area (Å²) < 4.78 is 0. The monoisotopic (exact) mass is 182 g/mol. The van der Waals surface area contributed by atoms with Crippen molar-refractivity contribution in [2.24, 2.45) is 11.7 Å². The minimum atomic E-state index is -0.415. The number of carbonyl (C=O) groups excluding carboxylic acids is 1. The van der Waals surface area contributed by atoms with E-state index in [1.165, 1.54) is 24.2 Å². The van der Waals surface area contributed by atoms with E-state index >= 15 is 0 Å². The van der Waals surface area contributed by atoms with E-state index in [0.717, 1.165) is 18.0 Å². The summed E-state index contributed by atoms with van der Waals surface area (Å²) in [5, 5.41) is 2.36. The zero-order valence-corrected chi connectivity index (χ0v) is 7.43. The maximum Gasteiger partial charge on any atom is 0.277 e. The van der Waals surface area contributed by atoms with Crippen molar-refractivity contribution >= 4 is 17.2 Å². The van der Waals surface area contributed by atoms with Crippen molar-refractivity contribution in [1.82, 2.24) is 4.98 Å². The highest BCUT2D eigenvalue weighted by atomic mass is 32.1. The lowest BCUT2D eigenvalue weighted by Crippen LogP contribution is -2.10. The van der Waals surface area contributed by atoms with Gasteiger partial charge in [-0.05, 0) is 25.2 Å². The molecule has 3 nitrogen and oxygen atoms in total. The van der Waals surface area contributed by atoms with E-state index < -0.39 is 5.91 Å². The minimum absolute atomic E-state index is 0.415. The topological polar surface area (TPSA) is 56.0 Å². The molecule has 2 rings (SSSR count). The van der Waals surface area contributed by atoms with Gasteiger partial charge >= 0.3 is 0 Å². The normalized spacial score (nSPS) is 16.3. The van der Waals surface area contributed by atoms with Gasteiger partial charge in [0.25, 0.3) is 5.91 Å². The first-order valence-corrected chi connectivity index (χ1v) is 4.88. The first-order valence-electron chi connectivity index (χ1n) is 4.00. The predicted octanol–water partition coefficient (Wildman–Crippen LogP) is 1.19. The van der Waals surface area contributed by atoms with Crippen LogP contribution >= 0.6 is 11.3 Å². The fraction of sp³-hybridized carbons (Fsp3) is 0.500. The van der Waals surface area contributed by atoms with Crippen molar-refractivity contribution in [3.8, 4) is 0 Å². The summed E-state index contributed by atoms with van der Waals surface area (Å²) in [6, 6.07) is 0. The quantitative estimate of drug-likeness (QED) is 0.763. The van der Waals surface area contributed by atoms with Gasteiger partial charge in [-0.1, -0.05) is 0 Å². The first kappa shape index (κ1) is 7.73. The molecule has 0 saturated heterocycles. The Bertz CT molecular complexity index is 304. The molecular weight excluding hydrogens is 172 g/mol. The Morgan fingerprint density at radius 2 is 2.50 bits per heavy atom. The smallest absolute Gasteiger partial charge is 0.277 e. The van der Waals surface area contributed by atoms with Gasteiger partial charge in [0, 0.05) is 5.38 Å². The largest absolute Gasteiger partial charge is 0.364 e. The second-order valence-electron chi connectivity index (χ2n) is 3.16. The van der Waals surface area contributed by atoms with Gasteiger partial charge in [0.15, 0.2) is 5.01 Å². The van der Waals surface area contributed by atoms with Gasteiger partial charge in [-0.3, -0.25) is 4.79 Å². The van der Waals surface area contributed by atoms with Crippen molar-refractivity contribution in [2.75, 3.05) is 0 Å². The minimum Gasteiger partial charge on any atom is -0.364 e. The second kappa shape index (κ2) is 2.86. The molecule has 1 aromatic rings. The number of primary amides is 1. The lowest BCUT2D eigenvalue weighted by atomic mass is 10.2. The third-order valence-electron chi connectivity index (χ3n) is 1.96. The van der Waals surface area contributed by atoms with E-state index in [1.807, 2.05) is 5.38 Å². The molecule has 1 aromatic heterocycles. The van der Waals surface area contributed by atoms with Crippen LogP contribution in [0.25, 0.3) is 0 Å². The highest BCUT2D eigenvalue weighted by Gasteiger charge is 2.22. The lowest BCUT2D eigenvalue weighted by molar-refractivity contribution is 0.0999. The average molecular weight is 182 g/mol. The average Bonchev–Trinajstić information content (AvgIpc) is 2.66. The van der Waals surface area contributed by atoms with Gasteiger partial charge in [0.05, 0.1) is 5.69 Å². The van der Waals surface area contributed by atoms with Crippen molar-refractivity contribution in [2.45, 2.75) is 19.3 Å². The highest BCUT2D eigenvalue weighted by molar-refractivity contribution is 7.11. The fourth-order valence-electron chi connectivity index (χ4n) is 1.13. The van der Waals surface area contributed by atoms with Crippen LogP contribution in [-0.4, -0.2) is 10.9 Å². The Labute approximate surface area is 74.6 Å². The Morgan fingerprint density at radius 1 is 1.75 bits per heavy atom. The number of hydrogen-bond acceptors (Lipinski definition) is 3. The Morgan fingerprint density at radius 3 is 3.00 bits per heavy atom. The number of aromatic nitrogens is 1. The molecule has 0 aliphatic heterocycles. The molecule has 1 aliphatic rings. The third kappa shape index (κ3) is 1.64. The second-order valence-corrected chi connectivity index (χ2v) is 4.01. The summed E-state index contributed by atoms with van der Waals surface area (Å²) in [6.45, 7) is 0. The molecule has 0 aromatic carbocycles. The van der Waals surface area contributed by atoms with E-state index in [0.29, 0.717) is 5.01 Å². The Hall–Kier alpha value is -0.900. The highest BCUT2D eigenvalue weighted by Crippen LogP contribution is 2.32. The van der Waals surface area contributed by atoms with Gasteiger partial charge in [-0.15, -0.1) is 11.3 Å². The van der Waals surface area contributed by atoms with Crippen molar-refractivity contribution in [3.05, 3.63) is 16.1 Å². The van der Waals surface area contributed by atoms with Crippen LogP contribution in [0.4, 0.5) is 0 Å². The summed E-state index contributed by atoms with van der Waals surface area (Å²) in [5.74, 6) is 0.398. The molecule has 1 heterocycles. The standard InChI is InChI=1S/C8H10N2OS/c9-7(11)8-10-6(4-12-8)3-5-1-2-5/h4-5H,1-3H2,(H2,9,11). The van der Waals surface area contributed by atoms with E-state index in [2.05, 4.69) is 4.98 Å². The van der Waals surface area contributed by atoms with Crippen LogP contribution in [0, 0.1) is 5.92 Å². The summed E-state index contributed by atoms with van der Waals surface area (Å²) in [4.78, 5) is 14.8. The van der Waals surface area contributed by atoms with E-state index in [-0.39, 0.29) is 0 Å². The van der Waals surface area contributed by atoms with Crippen LogP contribution in [0.2, 0.25) is 0 Å². The molecule has 1 aliphatic carbocycles. The van der Waals surface area contributed by atoms with E-state index in [9.17, 15) is 4.79 Å². The number of carbonyl (C=O) groups is 1. The molecule has 2 N–H and O–H groups in total. The summed E-state index contributed by atoms with van der Waals surface area (Å²) in [5.41, 5.74) is 6.11. The summed E-state index contributed by atoms with van der Waals surface area (Å²) in [7, 11) is 0. The molecule has 0 spiro atoms. The Kier molecular flexibility index (Phi) is 1.84. The predicted molar refractivity (Wildman–Crippen MR) is 47.1 cm³/mol. The number of amides is 1. The zero-order chi connectivity index (χ0) is 8.55. The number of nitrogens with zero attached hydrogens (tertiary/aromatic N) is 1. The number of hydrogen-bond donors (Lipinski definition) is 1. The van der Waals surface area contributed by atoms with Crippen LogP contribution in [0.3, 0.4) is 0 Å². The molecule has 0 radical (unpaired) electrons. The van der Waals surface area contributed by atoms with Crippen molar-refractivity contribution in [1.29, 1.82) is 0 Å². The van der Waals surface area contributed by atoms with Crippen LogP contribution in [-0.2, 0) is 6.42 Å². The maximum absolute atomic E-state index is 10.7. The number of rotatable bonds is 3. The summed E-state index contributed by atoms with van der Waals surface area (Å²) >= 11 is 1.34. The molecular formula is C8H10N2OS. The van der Waals surface area contributed by atoms with Crippen LogP contribution in [0.15, 0.2) is 5.38 Å². The van der Waals surface area contributed by atoms with Crippen molar-refractivity contribution in [3.63, 3.8) is 0 Å². The molecule has 0 unspecified atom stereocenters. The first-order chi connectivity index (χ1) is 5.75. The van der Waals surface area contributed by atoms with E-state index in [4.69, 9.17) is 5.73 Å². The van der Waals surface area contributed by atoms with E-state index in [1.54, 1.807) is 0 Å².